The van der Waals surface area contributed by atoms with E-state index < -0.39 is 0 Å². The van der Waals surface area contributed by atoms with Gasteiger partial charge in [0.15, 0.2) is 0 Å². The highest BCUT2D eigenvalue weighted by atomic mass is 32.2. The van der Waals surface area contributed by atoms with Crippen molar-refractivity contribution in [2.45, 2.75) is 45.7 Å². The molecule has 0 saturated heterocycles. The first-order valence-corrected chi connectivity index (χ1v) is 6.63. The van der Waals surface area contributed by atoms with Crippen LogP contribution in [-0.4, -0.2) is 20.3 Å². The van der Waals surface area contributed by atoms with Crippen LogP contribution in [0, 0.1) is 0 Å². The summed E-state index contributed by atoms with van der Waals surface area (Å²) in [6, 6.07) is 0. The van der Waals surface area contributed by atoms with Gasteiger partial charge in [0.05, 0.1) is 5.60 Å². The molecule has 0 amide bonds. The highest BCUT2D eigenvalue weighted by Crippen LogP contribution is 2.25. The third kappa shape index (κ3) is 9.06. The second-order valence-electron chi connectivity index (χ2n) is 3.60. The first-order valence-electron chi connectivity index (χ1n) is 4.36. The lowest BCUT2D eigenvalue weighted by atomic mass is 10.2. The van der Waals surface area contributed by atoms with Crippen LogP contribution in [-0.2, 0) is 4.74 Å². The molecule has 0 saturated carbocycles. The van der Waals surface area contributed by atoms with Gasteiger partial charge < -0.3 is 4.74 Å². The number of thiocarbonyl (C=S) groups is 1. The molecule has 4 heteroatoms. The highest BCUT2D eigenvalue weighted by Gasteiger charge is 2.16. The van der Waals surface area contributed by atoms with Gasteiger partial charge in [0.1, 0.15) is 8.96 Å². The Balaban J connectivity index is 3.74. The Bertz CT molecular complexity index is 163. The molecule has 0 aromatic heterocycles. The van der Waals surface area contributed by atoms with Crippen LogP contribution >= 0.6 is 35.7 Å². The minimum Gasteiger partial charge on any atom is -0.362 e. The van der Waals surface area contributed by atoms with Crippen LogP contribution in [0.3, 0.4) is 0 Å². The minimum absolute atomic E-state index is 0.0844. The van der Waals surface area contributed by atoms with E-state index >= 15 is 0 Å². The lowest BCUT2D eigenvalue weighted by Gasteiger charge is -2.24. The fourth-order valence-corrected chi connectivity index (χ4v) is 3.45. The Morgan fingerprint density at radius 1 is 1.46 bits per heavy atom. The van der Waals surface area contributed by atoms with Crippen LogP contribution in [0.5, 0.6) is 0 Å². The van der Waals surface area contributed by atoms with E-state index in [1.54, 1.807) is 23.5 Å². The Hall–Kier alpha value is 0.750. The lowest BCUT2D eigenvalue weighted by molar-refractivity contribution is -0.0110. The van der Waals surface area contributed by atoms with Crippen LogP contribution < -0.4 is 0 Å². The fourth-order valence-electron chi connectivity index (χ4n) is 0.809. The summed E-state index contributed by atoms with van der Waals surface area (Å²) in [5.74, 6) is 1.04. The van der Waals surface area contributed by atoms with Crippen molar-refractivity contribution in [3.63, 3.8) is 0 Å². The van der Waals surface area contributed by atoms with E-state index in [9.17, 15) is 0 Å². The number of rotatable bonds is 3. The molecule has 0 heterocycles. The quantitative estimate of drug-likeness (QED) is 0.544. The number of hydrogen-bond donors (Lipinski definition) is 0. The van der Waals surface area contributed by atoms with Crippen molar-refractivity contribution in [2.24, 2.45) is 0 Å². The van der Waals surface area contributed by atoms with E-state index in [-0.39, 0.29) is 11.0 Å². The summed E-state index contributed by atoms with van der Waals surface area (Å²) < 4.78 is 6.69. The van der Waals surface area contributed by atoms with Gasteiger partial charge >= 0.3 is 0 Å². The zero-order valence-corrected chi connectivity index (χ0v) is 11.4. The Morgan fingerprint density at radius 2 is 2.00 bits per heavy atom. The third-order valence-corrected chi connectivity index (χ3v) is 3.47. The summed E-state index contributed by atoms with van der Waals surface area (Å²) in [6.07, 6.45) is 0. The largest absolute Gasteiger partial charge is 0.362 e. The van der Waals surface area contributed by atoms with E-state index in [1.807, 2.05) is 6.92 Å². The van der Waals surface area contributed by atoms with Crippen molar-refractivity contribution in [2.75, 3.05) is 5.75 Å². The van der Waals surface area contributed by atoms with Crippen LogP contribution in [0.1, 0.15) is 34.6 Å². The van der Waals surface area contributed by atoms with Crippen LogP contribution in [0.4, 0.5) is 0 Å². The van der Waals surface area contributed by atoms with Gasteiger partial charge in [-0.15, -0.1) is 11.8 Å². The van der Waals surface area contributed by atoms with Crippen molar-refractivity contribution >= 4 is 39.3 Å². The number of hydrogen-bond acceptors (Lipinski definition) is 4. The molecule has 0 spiro atoms. The molecule has 0 N–H and O–H groups in total. The van der Waals surface area contributed by atoms with E-state index in [0.29, 0.717) is 0 Å². The normalized spacial score (nSPS) is 14.2. The molecule has 0 radical (unpaired) electrons. The molecule has 0 aromatic carbocycles. The average Bonchev–Trinajstić information content (AvgIpc) is 1.81. The summed E-state index contributed by atoms with van der Waals surface area (Å²) in [7, 11) is 0. The predicted molar refractivity (Wildman–Crippen MR) is 68.6 cm³/mol. The summed E-state index contributed by atoms with van der Waals surface area (Å²) >= 11 is 8.49. The van der Waals surface area contributed by atoms with Gasteiger partial charge in [0.2, 0.25) is 0 Å². The molecule has 0 aliphatic carbocycles. The number of thioether (sulfide) groups is 2. The molecule has 0 rings (SSSR count). The lowest BCUT2D eigenvalue weighted by Crippen LogP contribution is -2.24. The maximum absolute atomic E-state index is 5.72. The Morgan fingerprint density at radius 3 is 2.38 bits per heavy atom. The van der Waals surface area contributed by atoms with Gasteiger partial charge in [0.25, 0.3) is 0 Å². The van der Waals surface area contributed by atoms with Crippen molar-refractivity contribution in [1.29, 1.82) is 0 Å². The smallest absolute Gasteiger partial charge is 0.106 e. The van der Waals surface area contributed by atoms with Gasteiger partial charge in [0, 0.05) is 0 Å². The summed E-state index contributed by atoms with van der Waals surface area (Å²) in [6.45, 7) is 10.3. The average molecular weight is 238 g/mol. The summed E-state index contributed by atoms with van der Waals surface area (Å²) in [5.41, 5.74) is 0.0605. The summed E-state index contributed by atoms with van der Waals surface area (Å²) in [4.78, 5) is 0. The van der Waals surface area contributed by atoms with Gasteiger partial charge in [-0.05, 0) is 33.4 Å². The first-order chi connectivity index (χ1) is 5.85. The minimum atomic E-state index is -0.0844. The Kier molecular flexibility index (Phi) is 6.64. The maximum Gasteiger partial charge on any atom is 0.106 e. The van der Waals surface area contributed by atoms with E-state index in [1.165, 1.54) is 0 Å². The zero-order valence-electron chi connectivity index (χ0n) is 8.92. The topological polar surface area (TPSA) is 9.23 Å². The van der Waals surface area contributed by atoms with Crippen LogP contribution in [0.15, 0.2) is 0 Å². The Labute approximate surface area is 95.4 Å². The first kappa shape index (κ1) is 13.8. The molecule has 0 aliphatic heterocycles. The maximum atomic E-state index is 5.72. The van der Waals surface area contributed by atoms with Crippen molar-refractivity contribution in [3.8, 4) is 0 Å². The standard InChI is InChI=1S/C9H18OS3/c1-6-12-8(11)13-7(2)10-9(3,4)5/h7H,6H2,1-5H3. The van der Waals surface area contributed by atoms with E-state index in [0.717, 1.165) is 9.28 Å². The molecule has 0 aliphatic rings. The highest BCUT2D eigenvalue weighted by molar-refractivity contribution is 8.47. The third-order valence-electron chi connectivity index (χ3n) is 1.04. The molecule has 78 valence electrons. The number of ether oxygens (including phenoxy) is 1. The van der Waals surface area contributed by atoms with Crippen LogP contribution in [0.2, 0.25) is 0 Å². The zero-order chi connectivity index (χ0) is 10.5. The molecule has 1 unspecified atom stereocenters. The molecule has 0 fully saturated rings. The molecule has 0 bridgehead atoms. The van der Waals surface area contributed by atoms with Crippen molar-refractivity contribution in [1.82, 2.24) is 0 Å². The van der Waals surface area contributed by atoms with Gasteiger partial charge in [-0.1, -0.05) is 30.9 Å². The molecular formula is C9H18OS3. The van der Waals surface area contributed by atoms with Gasteiger partial charge in [-0.3, -0.25) is 0 Å². The second kappa shape index (κ2) is 6.27. The monoisotopic (exact) mass is 238 g/mol. The van der Waals surface area contributed by atoms with Crippen LogP contribution in [0.25, 0.3) is 0 Å². The van der Waals surface area contributed by atoms with E-state index in [4.69, 9.17) is 17.0 Å². The molecule has 13 heavy (non-hydrogen) atoms. The second-order valence-corrected chi connectivity index (χ2v) is 7.36. The molecule has 0 aromatic rings. The van der Waals surface area contributed by atoms with Gasteiger partial charge in [-0.25, -0.2) is 0 Å². The van der Waals surface area contributed by atoms with Gasteiger partial charge in [-0.2, -0.15) is 0 Å². The molecule has 1 atom stereocenters. The molecular weight excluding hydrogens is 220 g/mol. The van der Waals surface area contributed by atoms with E-state index in [2.05, 4.69) is 27.7 Å². The van der Waals surface area contributed by atoms with Crippen molar-refractivity contribution in [3.05, 3.63) is 0 Å². The fraction of sp³-hybridized carbons (Fsp3) is 0.889. The predicted octanol–water partition coefficient (Wildman–Crippen LogP) is 3.92. The van der Waals surface area contributed by atoms with Crippen molar-refractivity contribution < 1.29 is 4.74 Å². The molecule has 1 nitrogen and oxygen atoms in total. The SMILES string of the molecule is CCSC(=S)SC(C)OC(C)(C)C. The summed E-state index contributed by atoms with van der Waals surface area (Å²) in [5, 5.41) is 0.